The molecule has 0 heterocycles. The molecule has 1 rings (SSSR count). The van der Waals surface area contributed by atoms with Crippen LogP contribution in [0.25, 0.3) is 0 Å². The van der Waals surface area contributed by atoms with Crippen LogP contribution in [0.4, 0.5) is 0 Å². The van der Waals surface area contributed by atoms with Crippen LogP contribution in [0.5, 0.6) is 5.75 Å². The number of nitrogens with two attached hydrogens (primary N) is 1. The van der Waals surface area contributed by atoms with E-state index in [4.69, 9.17) is 13.2 Å². The van der Waals surface area contributed by atoms with Gasteiger partial charge in [0.25, 0.3) is 0 Å². The van der Waals surface area contributed by atoms with Crippen LogP contribution in [-0.4, -0.2) is 17.3 Å². The highest BCUT2D eigenvalue weighted by Crippen LogP contribution is 2.24. The average Bonchev–Trinajstić information content (AvgIpc) is 2.43. The van der Waals surface area contributed by atoms with Gasteiger partial charge in [0.2, 0.25) is 0 Å². The highest BCUT2D eigenvalue weighted by molar-refractivity contribution is 5.30. The molecule has 3 heteroatoms. The fraction of sp³-hybridized carbons (Fsp3) is 0.625. The fourth-order valence-corrected chi connectivity index (χ4v) is 1.81. The maximum atomic E-state index is 9.90. The van der Waals surface area contributed by atoms with E-state index in [1.807, 2.05) is 26.0 Å². The SMILES string of the molecule is [2H]C([2H])(CC)[C@H](C)COc1ccc([C@@H](N)C(C)(C)O)cc1. The fourth-order valence-electron chi connectivity index (χ4n) is 1.81. The number of ether oxygens (including phenoxy) is 1. The first-order valence-corrected chi connectivity index (χ1v) is 6.78. The van der Waals surface area contributed by atoms with Crippen LogP contribution in [0.3, 0.4) is 0 Å². The molecule has 2 atom stereocenters. The number of hydrogen-bond donors (Lipinski definition) is 2. The second kappa shape index (κ2) is 6.92. The van der Waals surface area contributed by atoms with Crippen molar-refractivity contribution in [3.05, 3.63) is 29.8 Å². The van der Waals surface area contributed by atoms with E-state index in [-0.39, 0.29) is 5.92 Å². The van der Waals surface area contributed by atoms with Gasteiger partial charge < -0.3 is 15.6 Å². The van der Waals surface area contributed by atoms with Crippen molar-refractivity contribution in [3.63, 3.8) is 0 Å². The molecule has 0 saturated carbocycles. The molecule has 0 amide bonds. The zero-order chi connectivity index (χ0) is 16.3. The summed E-state index contributed by atoms with van der Waals surface area (Å²) in [5.74, 6) is 0.501. The zero-order valence-corrected chi connectivity index (χ0v) is 12.3. The minimum atomic E-state index is -1.22. The van der Waals surface area contributed by atoms with Crippen LogP contribution in [0.2, 0.25) is 0 Å². The Balaban J connectivity index is 2.64. The van der Waals surface area contributed by atoms with Gasteiger partial charge in [-0.3, -0.25) is 0 Å². The first-order chi connectivity index (χ1) is 9.58. The van der Waals surface area contributed by atoms with E-state index in [0.29, 0.717) is 18.8 Å². The maximum absolute atomic E-state index is 9.90. The maximum Gasteiger partial charge on any atom is 0.119 e. The summed E-state index contributed by atoms with van der Waals surface area (Å²) in [5, 5.41) is 9.90. The third-order valence-electron chi connectivity index (χ3n) is 3.05. The Labute approximate surface area is 119 Å². The highest BCUT2D eigenvalue weighted by atomic mass is 16.5. The largest absolute Gasteiger partial charge is 0.493 e. The Hall–Kier alpha value is -1.06. The molecule has 0 fully saturated rings. The Bertz CT molecular complexity index is 441. The molecule has 0 aliphatic rings. The smallest absolute Gasteiger partial charge is 0.119 e. The second-order valence-electron chi connectivity index (χ2n) is 5.47. The molecule has 19 heavy (non-hydrogen) atoms. The van der Waals surface area contributed by atoms with Gasteiger partial charge in [-0.1, -0.05) is 32.4 Å². The topological polar surface area (TPSA) is 55.5 Å². The lowest BCUT2D eigenvalue weighted by molar-refractivity contribution is 0.0517. The van der Waals surface area contributed by atoms with Crippen LogP contribution in [-0.2, 0) is 0 Å². The minimum absolute atomic E-state index is 0.180. The lowest BCUT2D eigenvalue weighted by Gasteiger charge is -2.26. The summed E-state index contributed by atoms with van der Waals surface area (Å²) >= 11 is 0. The van der Waals surface area contributed by atoms with Gasteiger partial charge in [0.1, 0.15) is 5.75 Å². The Morgan fingerprint density at radius 3 is 2.42 bits per heavy atom. The molecule has 0 aromatic heterocycles. The Kier molecular flexibility index (Phi) is 4.72. The van der Waals surface area contributed by atoms with Gasteiger partial charge in [0.05, 0.1) is 18.2 Å². The number of hydrogen-bond acceptors (Lipinski definition) is 3. The third kappa shape index (κ3) is 5.21. The molecule has 3 nitrogen and oxygen atoms in total. The van der Waals surface area contributed by atoms with Gasteiger partial charge >= 0.3 is 0 Å². The molecule has 108 valence electrons. The van der Waals surface area contributed by atoms with Crippen LogP contribution in [0.1, 0.15) is 54.8 Å². The predicted octanol–water partition coefficient (Wildman–Crippen LogP) is 3.27. The molecule has 0 radical (unpaired) electrons. The molecule has 0 spiro atoms. The van der Waals surface area contributed by atoms with Crippen LogP contribution in [0, 0.1) is 5.92 Å². The van der Waals surface area contributed by atoms with Gasteiger partial charge in [0.15, 0.2) is 0 Å². The van der Waals surface area contributed by atoms with E-state index in [2.05, 4.69) is 0 Å². The minimum Gasteiger partial charge on any atom is -0.493 e. The predicted molar refractivity (Wildman–Crippen MR) is 79.2 cm³/mol. The van der Waals surface area contributed by atoms with Crippen LogP contribution in [0.15, 0.2) is 24.3 Å². The lowest BCUT2D eigenvalue weighted by Crippen LogP contribution is -2.34. The standard InChI is InChI=1S/C16H27NO2/c1-5-6-12(2)11-19-14-9-7-13(8-10-14)15(17)16(3,4)18/h7-10,12,15,18H,5-6,11,17H2,1-4H3/t12-,15+/m0/s1/i6D2. The molecule has 0 aliphatic heterocycles. The Morgan fingerprint density at radius 2 is 1.95 bits per heavy atom. The molecular formula is C16H27NO2. The lowest BCUT2D eigenvalue weighted by atomic mass is 9.93. The summed E-state index contributed by atoms with van der Waals surface area (Å²) in [5.41, 5.74) is 5.84. The molecule has 0 unspecified atom stereocenters. The molecule has 0 saturated heterocycles. The third-order valence-corrected chi connectivity index (χ3v) is 3.05. The van der Waals surface area contributed by atoms with Crippen molar-refractivity contribution in [2.24, 2.45) is 11.7 Å². The Morgan fingerprint density at radius 1 is 1.37 bits per heavy atom. The summed E-state index contributed by atoms with van der Waals surface area (Å²) in [7, 11) is 0. The number of rotatable bonds is 7. The van der Waals surface area contributed by atoms with Crippen molar-refractivity contribution in [1.82, 2.24) is 0 Å². The van der Waals surface area contributed by atoms with Crippen LogP contribution < -0.4 is 10.5 Å². The summed E-state index contributed by atoms with van der Waals surface area (Å²) in [6.07, 6.45) is -0.750. The van der Waals surface area contributed by atoms with E-state index in [1.54, 1.807) is 26.0 Å². The molecule has 0 bridgehead atoms. The summed E-state index contributed by atoms with van der Waals surface area (Å²) in [4.78, 5) is 0. The van der Waals surface area contributed by atoms with Crippen LogP contribution >= 0.6 is 0 Å². The van der Waals surface area contributed by atoms with E-state index in [0.717, 1.165) is 5.56 Å². The second-order valence-corrected chi connectivity index (χ2v) is 5.47. The van der Waals surface area contributed by atoms with Crippen molar-refractivity contribution < 1.29 is 12.6 Å². The first-order valence-electron chi connectivity index (χ1n) is 7.78. The monoisotopic (exact) mass is 267 g/mol. The van der Waals surface area contributed by atoms with Crippen molar-refractivity contribution in [1.29, 1.82) is 0 Å². The molecule has 3 N–H and O–H groups in total. The summed E-state index contributed by atoms with van der Waals surface area (Å²) < 4.78 is 21.3. The quantitative estimate of drug-likeness (QED) is 0.797. The van der Waals surface area contributed by atoms with E-state index < -0.39 is 18.0 Å². The van der Waals surface area contributed by atoms with Gasteiger partial charge in [-0.2, -0.15) is 0 Å². The van der Waals surface area contributed by atoms with Crippen molar-refractivity contribution in [2.75, 3.05) is 6.61 Å². The zero-order valence-electron chi connectivity index (χ0n) is 14.3. The normalized spacial score (nSPS) is 17.4. The van der Waals surface area contributed by atoms with Gasteiger partial charge in [-0.05, 0) is 43.8 Å². The van der Waals surface area contributed by atoms with E-state index >= 15 is 0 Å². The van der Waals surface area contributed by atoms with Crippen molar-refractivity contribution >= 4 is 0 Å². The highest BCUT2D eigenvalue weighted by Gasteiger charge is 2.24. The van der Waals surface area contributed by atoms with Crippen molar-refractivity contribution in [2.45, 2.75) is 52.1 Å². The molecule has 1 aromatic carbocycles. The molecular weight excluding hydrogens is 238 g/mol. The number of benzene rings is 1. The van der Waals surface area contributed by atoms with Crippen molar-refractivity contribution in [3.8, 4) is 5.75 Å². The number of aliphatic hydroxyl groups is 1. The molecule has 0 aliphatic carbocycles. The van der Waals surface area contributed by atoms with E-state index in [1.165, 1.54) is 0 Å². The van der Waals surface area contributed by atoms with E-state index in [9.17, 15) is 5.11 Å². The van der Waals surface area contributed by atoms with Gasteiger partial charge in [-0.25, -0.2) is 0 Å². The van der Waals surface area contributed by atoms with Gasteiger partial charge in [-0.15, -0.1) is 0 Å². The summed E-state index contributed by atoms with van der Waals surface area (Å²) in [6.45, 7) is 7.37. The molecule has 1 aromatic rings. The van der Waals surface area contributed by atoms with Gasteiger partial charge in [0, 0.05) is 2.74 Å². The summed E-state index contributed by atoms with van der Waals surface area (Å²) in [6, 6.07) is 6.80. The first kappa shape index (κ1) is 12.9. The average molecular weight is 267 g/mol.